The van der Waals surface area contributed by atoms with Crippen molar-refractivity contribution in [3.05, 3.63) is 64.1 Å². The molecule has 0 aliphatic rings. The van der Waals surface area contributed by atoms with Gasteiger partial charge >= 0.3 is 0 Å². The maximum absolute atomic E-state index is 12.2. The van der Waals surface area contributed by atoms with Crippen LogP contribution in [-0.2, 0) is 4.79 Å². The number of hydrogen-bond acceptors (Lipinski definition) is 2. The number of nitrogens with one attached hydrogen (secondary N) is 2. The quantitative estimate of drug-likeness (QED) is 0.832. The zero-order valence-corrected chi connectivity index (χ0v) is 13.9. The first kappa shape index (κ1) is 16.8. The molecule has 0 aliphatic carbocycles. The highest BCUT2D eigenvalue weighted by molar-refractivity contribution is 6.31. The molecule has 0 fully saturated rings. The number of anilines is 1. The van der Waals surface area contributed by atoms with E-state index >= 15 is 0 Å². The van der Waals surface area contributed by atoms with E-state index in [0.29, 0.717) is 15.7 Å². The molecule has 0 aromatic heterocycles. The molecule has 2 rings (SSSR count). The van der Waals surface area contributed by atoms with Gasteiger partial charge in [0.15, 0.2) is 0 Å². The predicted molar refractivity (Wildman–Crippen MR) is 92.5 cm³/mol. The molecule has 2 atom stereocenters. The van der Waals surface area contributed by atoms with E-state index in [1.807, 2.05) is 38.1 Å². The number of amides is 1. The van der Waals surface area contributed by atoms with E-state index in [1.54, 1.807) is 24.3 Å². The van der Waals surface area contributed by atoms with E-state index in [2.05, 4.69) is 10.6 Å². The van der Waals surface area contributed by atoms with E-state index < -0.39 is 0 Å². The van der Waals surface area contributed by atoms with Crippen LogP contribution in [0.3, 0.4) is 0 Å². The molecule has 0 saturated heterocycles. The lowest BCUT2D eigenvalue weighted by Crippen LogP contribution is -2.39. The summed E-state index contributed by atoms with van der Waals surface area (Å²) in [5, 5.41) is 7.42. The normalized spacial score (nSPS) is 13.5. The molecule has 0 radical (unpaired) electrons. The van der Waals surface area contributed by atoms with Gasteiger partial charge in [0.2, 0.25) is 5.91 Å². The maximum atomic E-state index is 12.2. The maximum Gasteiger partial charge on any atom is 0.241 e. The molecule has 0 unspecified atom stereocenters. The second-order valence-electron chi connectivity index (χ2n) is 5.13. The van der Waals surface area contributed by atoms with Gasteiger partial charge in [-0.15, -0.1) is 0 Å². The van der Waals surface area contributed by atoms with Crippen LogP contribution in [0.25, 0.3) is 0 Å². The third-order valence-corrected chi connectivity index (χ3v) is 3.97. The Bertz CT molecular complexity index is 643. The molecule has 0 saturated carbocycles. The first-order chi connectivity index (χ1) is 10.5. The third kappa shape index (κ3) is 4.47. The van der Waals surface area contributed by atoms with Crippen LogP contribution in [0.4, 0.5) is 5.69 Å². The van der Waals surface area contributed by atoms with Crippen LogP contribution in [0.2, 0.25) is 10.0 Å². The monoisotopic (exact) mass is 336 g/mol. The van der Waals surface area contributed by atoms with Crippen LogP contribution in [0.1, 0.15) is 25.5 Å². The summed E-state index contributed by atoms with van der Waals surface area (Å²) in [7, 11) is 0. The lowest BCUT2D eigenvalue weighted by atomic mass is 10.1. The van der Waals surface area contributed by atoms with E-state index in [1.165, 1.54) is 0 Å². The fourth-order valence-corrected chi connectivity index (χ4v) is 2.58. The molecule has 5 heteroatoms. The van der Waals surface area contributed by atoms with Crippen molar-refractivity contribution >= 4 is 34.8 Å². The smallest absolute Gasteiger partial charge is 0.241 e. The highest BCUT2D eigenvalue weighted by Gasteiger charge is 2.17. The summed E-state index contributed by atoms with van der Waals surface area (Å²) in [6.07, 6.45) is 0. The van der Waals surface area contributed by atoms with Gasteiger partial charge in [-0.3, -0.25) is 10.1 Å². The average molecular weight is 337 g/mol. The summed E-state index contributed by atoms with van der Waals surface area (Å²) in [4.78, 5) is 12.2. The van der Waals surface area contributed by atoms with E-state index in [-0.39, 0.29) is 18.0 Å². The number of hydrogen-bond donors (Lipinski definition) is 2. The molecule has 0 heterocycles. The Balaban J connectivity index is 1.96. The Morgan fingerprint density at radius 3 is 2.27 bits per heavy atom. The summed E-state index contributed by atoms with van der Waals surface area (Å²) in [5.74, 6) is -0.110. The fraction of sp³-hybridized carbons (Fsp3) is 0.235. The molecule has 2 N–H and O–H groups in total. The van der Waals surface area contributed by atoms with Crippen molar-refractivity contribution < 1.29 is 4.79 Å². The first-order valence-electron chi connectivity index (χ1n) is 7.04. The standard InChI is InChI=1S/C17H18Cl2N2O/c1-11(15-5-3-4-6-16(15)19)20-12(2)17(22)21-14-9-7-13(18)8-10-14/h3-12,20H,1-2H3,(H,21,22)/t11-,12+/m0/s1. The first-order valence-corrected chi connectivity index (χ1v) is 7.80. The van der Waals surface area contributed by atoms with Crippen molar-refractivity contribution in [2.75, 3.05) is 5.32 Å². The van der Waals surface area contributed by atoms with Crippen molar-refractivity contribution in [3.8, 4) is 0 Å². The lowest BCUT2D eigenvalue weighted by Gasteiger charge is -2.20. The highest BCUT2D eigenvalue weighted by Crippen LogP contribution is 2.22. The molecule has 22 heavy (non-hydrogen) atoms. The Labute approximate surface area is 140 Å². The summed E-state index contributed by atoms with van der Waals surface area (Å²) in [5.41, 5.74) is 1.68. The molecule has 0 aliphatic heterocycles. The number of halogens is 2. The Kier molecular flexibility index (Phi) is 5.83. The molecule has 1 amide bonds. The van der Waals surface area contributed by atoms with Gasteiger partial charge in [0.05, 0.1) is 6.04 Å². The zero-order chi connectivity index (χ0) is 16.1. The summed E-state index contributed by atoms with van der Waals surface area (Å²) >= 11 is 12.0. The SMILES string of the molecule is C[C@H](N[C@H](C)C(=O)Nc1ccc(Cl)cc1)c1ccccc1Cl. The zero-order valence-electron chi connectivity index (χ0n) is 12.4. The third-order valence-electron chi connectivity index (χ3n) is 3.38. The van der Waals surface area contributed by atoms with Gasteiger partial charge in [-0.05, 0) is 49.7 Å². The minimum atomic E-state index is -0.359. The van der Waals surface area contributed by atoms with Crippen molar-refractivity contribution in [1.29, 1.82) is 0 Å². The van der Waals surface area contributed by atoms with Crippen molar-refractivity contribution in [3.63, 3.8) is 0 Å². The number of rotatable bonds is 5. The molecular formula is C17H18Cl2N2O. The second-order valence-corrected chi connectivity index (χ2v) is 5.97. The van der Waals surface area contributed by atoms with Gasteiger partial charge in [-0.25, -0.2) is 0 Å². The Morgan fingerprint density at radius 1 is 1.00 bits per heavy atom. The van der Waals surface area contributed by atoms with Crippen LogP contribution >= 0.6 is 23.2 Å². The molecule has 2 aromatic rings. The van der Waals surface area contributed by atoms with Gasteiger partial charge in [0.25, 0.3) is 0 Å². The Morgan fingerprint density at radius 2 is 1.64 bits per heavy atom. The van der Waals surface area contributed by atoms with Crippen LogP contribution in [-0.4, -0.2) is 11.9 Å². The largest absolute Gasteiger partial charge is 0.325 e. The van der Waals surface area contributed by atoms with E-state index in [4.69, 9.17) is 23.2 Å². The molecule has 116 valence electrons. The van der Waals surface area contributed by atoms with Crippen LogP contribution in [0.5, 0.6) is 0 Å². The predicted octanol–water partition coefficient (Wildman–Crippen LogP) is 4.67. The van der Waals surface area contributed by atoms with Crippen molar-refractivity contribution in [1.82, 2.24) is 5.32 Å². The second kappa shape index (κ2) is 7.63. The summed E-state index contributed by atoms with van der Waals surface area (Å²) < 4.78 is 0. The average Bonchev–Trinajstić information content (AvgIpc) is 2.49. The molecular weight excluding hydrogens is 319 g/mol. The number of benzene rings is 2. The van der Waals surface area contributed by atoms with Gasteiger partial charge in [0, 0.05) is 21.8 Å². The number of carbonyl (C=O) groups is 1. The van der Waals surface area contributed by atoms with Crippen LogP contribution < -0.4 is 10.6 Å². The minimum absolute atomic E-state index is 0.0281. The van der Waals surface area contributed by atoms with Crippen LogP contribution in [0, 0.1) is 0 Å². The Hall–Kier alpha value is -1.55. The molecule has 3 nitrogen and oxygen atoms in total. The fourth-order valence-electron chi connectivity index (χ4n) is 2.15. The van der Waals surface area contributed by atoms with Crippen LogP contribution in [0.15, 0.2) is 48.5 Å². The minimum Gasteiger partial charge on any atom is -0.325 e. The summed E-state index contributed by atoms with van der Waals surface area (Å²) in [6.45, 7) is 3.80. The molecule has 0 bridgehead atoms. The van der Waals surface area contributed by atoms with E-state index in [0.717, 1.165) is 5.56 Å². The molecule has 2 aromatic carbocycles. The lowest BCUT2D eigenvalue weighted by molar-refractivity contribution is -0.117. The van der Waals surface area contributed by atoms with Gasteiger partial charge in [-0.2, -0.15) is 0 Å². The topological polar surface area (TPSA) is 41.1 Å². The van der Waals surface area contributed by atoms with Gasteiger partial charge < -0.3 is 5.32 Å². The highest BCUT2D eigenvalue weighted by atomic mass is 35.5. The molecule has 0 spiro atoms. The van der Waals surface area contributed by atoms with Crippen molar-refractivity contribution in [2.45, 2.75) is 25.9 Å². The van der Waals surface area contributed by atoms with Crippen molar-refractivity contribution in [2.24, 2.45) is 0 Å². The van der Waals surface area contributed by atoms with Gasteiger partial charge in [0.1, 0.15) is 0 Å². The summed E-state index contributed by atoms with van der Waals surface area (Å²) in [6, 6.07) is 14.2. The number of carbonyl (C=O) groups excluding carboxylic acids is 1. The van der Waals surface area contributed by atoms with Gasteiger partial charge in [-0.1, -0.05) is 41.4 Å². The van der Waals surface area contributed by atoms with E-state index in [9.17, 15) is 4.79 Å².